The SMILES string of the molecule is CCC(=O)[C@@H]1NC2(CCN(C)CC2)[C@@]2(C(=O)Nc3cc(Cl)ccc32)[C@H]1c1cccc(Cl)c1F. The summed E-state index contributed by atoms with van der Waals surface area (Å²) in [5, 5.41) is 7.11. The van der Waals surface area contributed by atoms with E-state index in [0.717, 1.165) is 18.7 Å². The molecule has 1 amide bonds. The van der Waals surface area contributed by atoms with E-state index in [1.165, 1.54) is 6.07 Å². The molecule has 3 aliphatic rings. The quantitative estimate of drug-likeness (QED) is 0.665. The molecule has 174 valence electrons. The topological polar surface area (TPSA) is 61.4 Å². The molecule has 3 aliphatic heterocycles. The number of carbonyl (C=O) groups excluding carboxylic acids is 2. The van der Waals surface area contributed by atoms with Gasteiger partial charge >= 0.3 is 0 Å². The van der Waals surface area contributed by atoms with E-state index in [1.54, 1.807) is 31.2 Å². The van der Waals surface area contributed by atoms with Gasteiger partial charge in [0, 0.05) is 28.6 Å². The van der Waals surface area contributed by atoms with E-state index in [4.69, 9.17) is 23.2 Å². The molecule has 0 radical (unpaired) electrons. The minimum atomic E-state index is -1.19. The molecular formula is C25H26Cl2FN3O2. The van der Waals surface area contributed by atoms with Crippen LogP contribution in [0.25, 0.3) is 0 Å². The predicted molar refractivity (Wildman–Crippen MR) is 128 cm³/mol. The number of nitrogens with one attached hydrogen (secondary N) is 2. The molecule has 2 aromatic carbocycles. The number of halogens is 3. The fraction of sp³-hybridized carbons (Fsp3) is 0.440. The molecule has 33 heavy (non-hydrogen) atoms. The molecule has 8 heteroatoms. The fourth-order valence-corrected chi connectivity index (χ4v) is 6.69. The van der Waals surface area contributed by atoms with Crippen LogP contribution in [-0.4, -0.2) is 48.3 Å². The Bertz CT molecular complexity index is 1150. The average Bonchev–Trinajstić information content (AvgIpc) is 3.25. The molecule has 0 bridgehead atoms. The summed E-state index contributed by atoms with van der Waals surface area (Å²) in [5.41, 5.74) is -0.253. The lowest BCUT2D eigenvalue weighted by molar-refractivity contribution is -0.124. The van der Waals surface area contributed by atoms with Crippen LogP contribution >= 0.6 is 23.2 Å². The van der Waals surface area contributed by atoms with Gasteiger partial charge in [0.2, 0.25) is 5.91 Å². The third-order valence-corrected chi connectivity index (χ3v) is 8.38. The molecule has 0 aromatic heterocycles. The molecule has 3 atom stereocenters. The lowest BCUT2D eigenvalue weighted by Crippen LogP contribution is -2.63. The van der Waals surface area contributed by atoms with Crippen LogP contribution in [0, 0.1) is 5.82 Å². The number of anilines is 1. The number of hydrogen-bond donors (Lipinski definition) is 2. The first kappa shape index (κ1) is 22.8. The number of carbonyl (C=O) groups is 2. The summed E-state index contributed by atoms with van der Waals surface area (Å²) in [7, 11) is 2.04. The minimum absolute atomic E-state index is 0.0237. The normalized spacial score (nSPS) is 28.3. The van der Waals surface area contributed by atoms with Crippen LogP contribution < -0.4 is 10.6 Å². The summed E-state index contributed by atoms with van der Waals surface area (Å²) < 4.78 is 15.6. The van der Waals surface area contributed by atoms with E-state index < -0.39 is 28.7 Å². The molecule has 0 aliphatic carbocycles. The van der Waals surface area contributed by atoms with Crippen LogP contribution in [0.3, 0.4) is 0 Å². The second-order valence-corrected chi connectivity index (χ2v) is 10.2. The van der Waals surface area contributed by atoms with Crippen molar-refractivity contribution >= 4 is 40.6 Å². The zero-order chi connectivity index (χ0) is 23.5. The van der Waals surface area contributed by atoms with Crippen LogP contribution in [0.1, 0.15) is 43.2 Å². The van der Waals surface area contributed by atoms with Gasteiger partial charge in [0.25, 0.3) is 0 Å². The number of benzene rings is 2. The predicted octanol–water partition coefficient (Wildman–Crippen LogP) is 4.52. The Balaban J connectivity index is 1.84. The second-order valence-electron chi connectivity index (χ2n) is 9.40. The van der Waals surface area contributed by atoms with Gasteiger partial charge in [-0.3, -0.25) is 14.9 Å². The van der Waals surface area contributed by atoms with E-state index in [0.29, 0.717) is 23.6 Å². The Morgan fingerprint density at radius 3 is 2.64 bits per heavy atom. The summed E-state index contributed by atoms with van der Waals surface area (Å²) in [6.07, 6.45) is 1.56. The van der Waals surface area contributed by atoms with Crippen LogP contribution in [0.15, 0.2) is 36.4 Å². The van der Waals surface area contributed by atoms with Crippen molar-refractivity contribution in [2.24, 2.45) is 0 Å². The highest BCUT2D eigenvalue weighted by molar-refractivity contribution is 6.31. The largest absolute Gasteiger partial charge is 0.325 e. The number of likely N-dealkylation sites (tertiary alicyclic amines) is 1. The smallest absolute Gasteiger partial charge is 0.237 e. The van der Waals surface area contributed by atoms with Crippen molar-refractivity contribution in [1.82, 2.24) is 10.2 Å². The number of fused-ring (bicyclic) bond motifs is 3. The lowest BCUT2D eigenvalue weighted by Gasteiger charge is -2.48. The highest BCUT2D eigenvalue weighted by Crippen LogP contribution is 2.62. The average molecular weight is 490 g/mol. The van der Waals surface area contributed by atoms with Gasteiger partial charge in [0.1, 0.15) is 17.0 Å². The first-order valence-corrected chi connectivity index (χ1v) is 12.0. The molecule has 0 saturated carbocycles. The number of Topliss-reactive ketones (excluding diaryl/α,β-unsaturated/α-hetero) is 1. The molecule has 0 unspecified atom stereocenters. The highest BCUT2D eigenvalue weighted by Gasteiger charge is 2.72. The second kappa shape index (κ2) is 8.05. The van der Waals surface area contributed by atoms with Crippen molar-refractivity contribution in [2.45, 2.75) is 49.1 Å². The van der Waals surface area contributed by atoms with Gasteiger partial charge in [-0.15, -0.1) is 0 Å². The maximum Gasteiger partial charge on any atom is 0.237 e. The molecule has 2 fully saturated rings. The van der Waals surface area contributed by atoms with Crippen molar-refractivity contribution in [3.05, 3.63) is 63.4 Å². The number of ketones is 1. The van der Waals surface area contributed by atoms with E-state index >= 15 is 4.39 Å². The number of rotatable bonds is 3. The molecule has 2 aromatic rings. The van der Waals surface area contributed by atoms with Gasteiger partial charge in [-0.2, -0.15) is 0 Å². The molecule has 5 rings (SSSR count). The molecular weight excluding hydrogens is 464 g/mol. The third-order valence-electron chi connectivity index (χ3n) is 7.85. The van der Waals surface area contributed by atoms with Crippen LogP contribution in [-0.2, 0) is 15.0 Å². The third kappa shape index (κ3) is 3.11. The van der Waals surface area contributed by atoms with Gasteiger partial charge < -0.3 is 10.2 Å². The first-order chi connectivity index (χ1) is 15.7. The van der Waals surface area contributed by atoms with Crippen molar-refractivity contribution in [1.29, 1.82) is 0 Å². The number of piperidine rings is 1. The van der Waals surface area contributed by atoms with E-state index in [1.807, 2.05) is 13.1 Å². The number of amides is 1. The summed E-state index contributed by atoms with van der Waals surface area (Å²) in [4.78, 5) is 29.6. The summed E-state index contributed by atoms with van der Waals surface area (Å²) in [6.45, 7) is 3.30. The number of nitrogens with zero attached hydrogens (tertiary/aromatic N) is 1. The maximum atomic E-state index is 15.6. The van der Waals surface area contributed by atoms with Gasteiger partial charge in [0.05, 0.1) is 11.1 Å². The highest BCUT2D eigenvalue weighted by atomic mass is 35.5. The van der Waals surface area contributed by atoms with Gasteiger partial charge in [-0.05, 0) is 62.3 Å². The van der Waals surface area contributed by atoms with Crippen molar-refractivity contribution in [3.8, 4) is 0 Å². The standard InChI is InChI=1S/C25H26Cl2FN3O2/c1-3-19(32)22-20(15-5-4-6-17(27)21(15)28)25(24(30-22)9-11-31(2)12-10-24)16-8-7-14(26)13-18(16)29-23(25)33/h4-8,13,20,22,30H,3,9-12H2,1-2H3,(H,29,33)/t20-,22-,25+/m0/s1. The summed E-state index contributed by atoms with van der Waals surface area (Å²) in [5.74, 6) is -1.62. The van der Waals surface area contributed by atoms with Crippen LogP contribution in [0.2, 0.25) is 10.0 Å². The van der Waals surface area contributed by atoms with Crippen molar-refractivity contribution < 1.29 is 14.0 Å². The molecule has 2 N–H and O–H groups in total. The number of hydrogen-bond acceptors (Lipinski definition) is 4. The van der Waals surface area contributed by atoms with Crippen molar-refractivity contribution in [3.63, 3.8) is 0 Å². The fourth-order valence-electron chi connectivity index (χ4n) is 6.33. The van der Waals surface area contributed by atoms with Crippen LogP contribution in [0.4, 0.5) is 10.1 Å². The zero-order valence-corrected chi connectivity index (χ0v) is 20.1. The Labute approximate surface area is 202 Å². The maximum absolute atomic E-state index is 15.6. The molecule has 2 spiro atoms. The van der Waals surface area contributed by atoms with E-state index in [2.05, 4.69) is 15.5 Å². The summed E-state index contributed by atoms with van der Waals surface area (Å²) in [6, 6.07) is 9.43. The minimum Gasteiger partial charge on any atom is -0.325 e. The van der Waals surface area contributed by atoms with E-state index in [9.17, 15) is 9.59 Å². The van der Waals surface area contributed by atoms with Crippen molar-refractivity contribution in [2.75, 3.05) is 25.5 Å². The Kier molecular flexibility index (Phi) is 5.56. The summed E-state index contributed by atoms with van der Waals surface area (Å²) >= 11 is 12.5. The van der Waals surface area contributed by atoms with Crippen LogP contribution in [0.5, 0.6) is 0 Å². The Morgan fingerprint density at radius 1 is 1.21 bits per heavy atom. The Hall–Kier alpha value is -1.99. The molecule has 3 heterocycles. The zero-order valence-electron chi connectivity index (χ0n) is 18.6. The lowest BCUT2D eigenvalue weighted by atomic mass is 9.56. The van der Waals surface area contributed by atoms with Gasteiger partial charge in [0.15, 0.2) is 0 Å². The molecule has 5 nitrogen and oxygen atoms in total. The Morgan fingerprint density at radius 2 is 1.94 bits per heavy atom. The van der Waals surface area contributed by atoms with Gasteiger partial charge in [-0.1, -0.05) is 48.3 Å². The van der Waals surface area contributed by atoms with E-state index in [-0.39, 0.29) is 28.7 Å². The molecule has 2 saturated heterocycles. The van der Waals surface area contributed by atoms with Gasteiger partial charge in [-0.25, -0.2) is 4.39 Å². The first-order valence-electron chi connectivity index (χ1n) is 11.3. The monoisotopic (exact) mass is 489 g/mol.